The van der Waals surface area contributed by atoms with Crippen LogP contribution in [0.25, 0.3) is 0 Å². The van der Waals surface area contributed by atoms with E-state index in [-0.39, 0.29) is 10.6 Å². The molecule has 90 valence electrons. The van der Waals surface area contributed by atoms with Crippen LogP contribution in [0.4, 0.5) is 0 Å². The molecule has 7 heteroatoms. The van der Waals surface area contributed by atoms with E-state index in [0.29, 0.717) is 0 Å². The fourth-order valence-corrected chi connectivity index (χ4v) is 2.53. The summed E-state index contributed by atoms with van der Waals surface area (Å²) in [7, 11) is -3.68. The Balaban J connectivity index is 3.04. The SMILES string of the molecule is CC(C)(C)NS(=O)(=O)c1c[nH]c(C(=O)O)c1. The fourth-order valence-electron chi connectivity index (χ4n) is 1.12. The van der Waals surface area contributed by atoms with Gasteiger partial charge in [-0.1, -0.05) is 0 Å². The van der Waals surface area contributed by atoms with Gasteiger partial charge in [0.15, 0.2) is 0 Å². The Morgan fingerprint density at radius 2 is 2.00 bits per heavy atom. The first kappa shape index (κ1) is 12.7. The molecule has 0 radical (unpaired) electrons. The zero-order chi connectivity index (χ0) is 12.6. The van der Waals surface area contributed by atoms with E-state index in [0.717, 1.165) is 12.3 Å². The Kier molecular flexibility index (Phi) is 3.11. The topological polar surface area (TPSA) is 99.3 Å². The largest absolute Gasteiger partial charge is 0.477 e. The zero-order valence-corrected chi connectivity index (χ0v) is 10.1. The number of hydrogen-bond acceptors (Lipinski definition) is 3. The molecule has 3 N–H and O–H groups in total. The molecule has 1 aromatic rings. The van der Waals surface area contributed by atoms with Gasteiger partial charge in [-0.2, -0.15) is 0 Å². The third kappa shape index (κ3) is 3.07. The first-order chi connectivity index (χ1) is 7.12. The highest BCUT2D eigenvalue weighted by Crippen LogP contribution is 2.13. The normalized spacial score (nSPS) is 12.7. The van der Waals surface area contributed by atoms with Gasteiger partial charge in [0.2, 0.25) is 10.0 Å². The summed E-state index contributed by atoms with van der Waals surface area (Å²) in [5.41, 5.74) is -0.770. The molecule has 6 nitrogen and oxygen atoms in total. The van der Waals surface area contributed by atoms with E-state index in [4.69, 9.17) is 5.11 Å². The second-order valence-corrected chi connectivity index (χ2v) is 6.09. The number of rotatable bonds is 3. The lowest BCUT2D eigenvalue weighted by Crippen LogP contribution is -2.40. The minimum absolute atomic E-state index is 0.0835. The van der Waals surface area contributed by atoms with Crippen molar-refractivity contribution in [1.29, 1.82) is 0 Å². The molecule has 1 heterocycles. The predicted molar refractivity (Wildman–Crippen MR) is 57.8 cm³/mol. The maximum Gasteiger partial charge on any atom is 0.352 e. The average molecular weight is 246 g/mol. The van der Waals surface area contributed by atoms with Crippen molar-refractivity contribution in [3.05, 3.63) is 18.0 Å². The van der Waals surface area contributed by atoms with Crippen LogP contribution >= 0.6 is 0 Å². The van der Waals surface area contributed by atoms with Crippen molar-refractivity contribution >= 4 is 16.0 Å². The van der Waals surface area contributed by atoms with Gasteiger partial charge >= 0.3 is 5.97 Å². The molecule has 0 fully saturated rings. The number of aromatic carboxylic acids is 1. The van der Waals surface area contributed by atoms with Crippen LogP contribution in [0, 0.1) is 0 Å². The second-order valence-electron chi connectivity index (χ2n) is 4.41. The number of carboxylic acid groups (broad SMARTS) is 1. The molecule has 0 saturated carbocycles. The van der Waals surface area contributed by atoms with Crippen LogP contribution in [0.1, 0.15) is 31.3 Å². The highest BCUT2D eigenvalue weighted by atomic mass is 32.2. The lowest BCUT2D eigenvalue weighted by Gasteiger charge is -2.19. The minimum atomic E-state index is -3.68. The second kappa shape index (κ2) is 3.91. The number of carboxylic acids is 1. The Hall–Kier alpha value is -1.34. The van der Waals surface area contributed by atoms with E-state index < -0.39 is 21.5 Å². The van der Waals surface area contributed by atoms with Gasteiger partial charge in [0, 0.05) is 11.7 Å². The smallest absolute Gasteiger partial charge is 0.352 e. The molecule has 0 aliphatic heterocycles. The van der Waals surface area contributed by atoms with Crippen molar-refractivity contribution in [2.45, 2.75) is 31.2 Å². The molecule has 0 amide bonds. The monoisotopic (exact) mass is 246 g/mol. The Morgan fingerprint density at radius 3 is 2.38 bits per heavy atom. The van der Waals surface area contributed by atoms with Gasteiger partial charge < -0.3 is 10.1 Å². The van der Waals surface area contributed by atoms with Crippen molar-refractivity contribution in [2.24, 2.45) is 0 Å². The van der Waals surface area contributed by atoms with Gasteiger partial charge in [0.25, 0.3) is 0 Å². The highest BCUT2D eigenvalue weighted by Gasteiger charge is 2.23. The number of aromatic amines is 1. The molecule has 0 aliphatic rings. The van der Waals surface area contributed by atoms with Crippen LogP contribution in [-0.2, 0) is 10.0 Å². The maximum atomic E-state index is 11.8. The Bertz CT molecular complexity index is 496. The summed E-state index contributed by atoms with van der Waals surface area (Å²) >= 11 is 0. The summed E-state index contributed by atoms with van der Waals surface area (Å²) in [6.07, 6.45) is 1.15. The van der Waals surface area contributed by atoms with Crippen molar-refractivity contribution in [2.75, 3.05) is 0 Å². The fraction of sp³-hybridized carbons (Fsp3) is 0.444. The van der Waals surface area contributed by atoms with E-state index in [2.05, 4.69) is 9.71 Å². The van der Waals surface area contributed by atoms with E-state index >= 15 is 0 Å². The Morgan fingerprint density at radius 1 is 1.44 bits per heavy atom. The van der Waals surface area contributed by atoms with Crippen LogP contribution in [0.2, 0.25) is 0 Å². The quantitative estimate of drug-likeness (QED) is 0.734. The van der Waals surface area contributed by atoms with Gasteiger partial charge in [0.1, 0.15) is 10.6 Å². The standard InChI is InChI=1S/C9H14N2O4S/c1-9(2,3)11-16(14,15)6-4-7(8(12)13)10-5-6/h4-5,10-11H,1-3H3,(H,12,13). The molecule has 0 aliphatic carbocycles. The Labute approximate surface area is 93.7 Å². The van der Waals surface area contributed by atoms with Gasteiger partial charge in [-0.05, 0) is 26.8 Å². The molecule has 0 unspecified atom stereocenters. The number of hydrogen-bond donors (Lipinski definition) is 3. The number of sulfonamides is 1. The van der Waals surface area contributed by atoms with Gasteiger partial charge in [-0.15, -0.1) is 0 Å². The first-order valence-corrected chi connectivity index (χ1v) is 6.06. The number of carbonyl (C=O) groups is 1. The average Bonchev–Trinajstić information content (AvgIpc) is 2.46. The van der Waals surface area contributed by atoms with E-state index in [1.807, 2.05) is 0 Å². The summed E-state index contributed by atoms with van der Waals surface area (Å²) in [4.78, 5) is 12.9. The van der Waals surface area contributed by atoms with Crippen molar-refractivity contribution < 1.29 is 18.3 Å². The lowest BCUT2D eigenvalue weighted by atomic mass is 10.1. The molecule has 1 rings (SSSR count). The van der Waals surface area contributed by atoms with Gasteiger partial charge in [-0.25, -0.2) is 17.9 Å². The zero-order valence-electron chi connectivity index (χ0n) is 9.23. The number of nitrogens with one attached hydrogen (secondary N) is 2. The molecule has 0 aromatic carbocycles. The third-order valence-electron chi connectivity index (χ3n) is 1.64. The van der Waals surface area contributed by atoms with Crippen molar-refractivity contribution in [3.63, 3.8) is 0 Å². The van der Waals surface area contributed by atoms with Crippen molar-refractivity contribution in [1.82, 2.24) is 9.71 Å². The molecule has 0 saturated heterocycles. The lowest BCUT2D eigenvalue weighted by molar-refractivity contribution is 0.0691. The summed E-state index contributed by atoms with van der Waals surface area (Å²) in [5, 5.41) is 8.65. The summed E-state index contributed by atoms with van der Waals surface area (Å²) < 4.78 is 25.9. The van der Waals surface area contributed by atoms with Crippen LogP contribution in [0.5, 0.6) is 0 Å². The molecular formula is C9H14N2O4S. The van der Waals surface area contributed by atoms with E-state index in [1.54, 1.807) is 20.8 Å². The summed E-state index contributed by atoms with van der Waals surface area (Å²) in [6.45, 7) is 5.11. The highest BCUT2D eigenvalue weighted by molar-refractivity contribution is 7.89. The predicted octanol–water partition coefficient (Wildman–Crippen LogP) is 0.790. The first-order valence-electron chi connectivity index (χ1n) is 4.57. The van der Waals surface area contributed by atoms with Crippen LogP contribution in [-0.4, -0.2) is 30.0 Å². The number of H-pyrrole nitrogens is 1. The molecule has 0 atom stereocenters. The molecule has 16 heavy (non-hydrogen) atoms. The van der Waals surface area contributed by atoms with Gasteiger partial charge in [-0.3, -0.25) is 0 Å². The molecule has 0 bridgehead atoms. The minimum Gasteiger partial charge on any atom is -0.477 e. The van der Waals surface area contributed by atoms with E-state index in [1.165, 1.54) is 0 Å². The molecular weight excluding hydrogens is 232 g/mol. The third-order valence-corrected chi connectivity index (χ3v) is 3.38. The van der Waals surface area contributed by atoms with E-state index in [9.17, 15) is 13.2 Å². The number of aromatic nitrogens is 1. The van der Waals surface area contributed by atoms with Crippen LogP contribution in [0.15, 0.2) is 17.2 Å². The van der Waals surface area contributed by atoms with Crippen LogP contribution in [0.3, 0.4) is 0 Å². The van der Waals surface area contributed by atoms with Gasteiger partial charge in [0.05, 0.1) is 0 Å². The molecule has 0 spiro atoms. The summed E-state index contributed by atoms with van der Waals surface area (Å²) in [6, 6.07) is 1.08. The maximum absolute atomic E-state index is 11.8. The van der Waals surface area contributed by atoms with Crippen LogP contribution < -0.4 is 4.72 Å². The summed E-state index contributed by atoms with van der Waals surface area (Å²) in [5.74, 6) is -1.20. The van der Waals surface area contributed by atoms with Crippen molar-refractivity contribution in [3.8, 4) is 0 Å². The molecule has 1 aromatic heterocycles.